The molecule has 1 heterocycles. The van der Waals surface area contributed by atoms with E-state index in [2.05, 4.69) is 10.2 Å². The average Bonchev–Trinajstić information content (AvgIpc) is 3.14. The number of likely N-dealkylation sites (tertiary alicyclic amines) is 1. The lowest BCUT2D eigenvalue weighted by Crippen LogP contribution is -2.50. The molecule has 1 aliphatic heterocycles. The van der Waals surface area contributed by atoms with E-state index in [0.29, 0.717) is 11.1 Å². The number of benzene rings is 1. The number of halogens is 1. The zero-order valence-electron chi connectivity index (χ0n) is 14.8. The zero-order chi connectivity index (χ0) is 17.8. The van der Waals surface area contributed by atoms with E-state index in [1.165, 1.54) is 12.8 Å². The van der Waals surface area contributed by atoms with Gasteiger partial charge in [0.1, 0.15) is 0 Å². The molecule has 1 saturated heterocycles. The van der Waals surface area contributed by atoms with Crippen LogP contribution in [0.3, 0.4) is 0 Å². The predicted octanol–water partition coefficient (Wildman–Crippen LogP) is 3.68. The first-order valence-electron chi connectivity index (χ1n) is 9.39. The van der Waals surface area contributed by atoms with Crippen molar-refractivity contribution in [3.63, 3.8) is 0 Å². The van der Waals surface area contributed by atoms with Crippen LogP contribution >= 0.6 is 11.6 Å². The summed E-state index contributed by atoms with van der Waals surface area (Å²) in [7, 11) is 0. The summed E-state index contributed by atoms with van der Waals surface area (Å²) < 4.78 is 0. The second-order valence-electron chi connectivity index (χ2n) is 7.35. The second kappa shape index (κ2) is 8.33. The molecular formula is C20H27ClN2O2. The van der Waals surface area contributed by atoms with Gasteiger partial charge in [0.15, 0.2) is 5.78 Å². The van der Waals surface area contributed by atoms with E-state index in [1.807, 2.05) is 6.92 Å². The first-order valence-corrected chi connectivity index (χ1v) is 9.76. The van der Waals surface area contributed by atoms with Crippen LogP contribution in [0, 0.1) is 5.92 Å². The van der Waals surface area contributed by atoms with Crippen molar-refractivity contribution in [2.75, 3.05) is 13.1 Å². The predicted molar refractivity (Wildman–Crippen MR) is 99.9 cm³/mol. The molecule has 0 bridgehead atoms. The van der Waals surface area contributed by atoms with Gasteiger partial charge >= 0.3 is 0 Å². The van der Waals surface area contributed by atoms with Crippen molar-refractivity contribution in [3.05, 3.63) is 34.9 Å². The molecular weight excluding hydrogens is 336 g/mol. The number of Topliss-reactive ketones (excluding diaryl/α,β-unsaturated/α-hetero) is 1. The van der Waals surface area contributed by atoms with Gasteiger partial charge in [-0.2, -0.15) is 0 Å². The number of nitrogens with one attached hydrogen (secondary N) is 1. The number of hydrogen-bond acceptors (Lipinski definition) is 3. The van der Waals surface area contributed by atoms with Crippen molar-refractivity contribution >= 4 is 23.3 Å². The van der Waals surface area contributed by atoms with Crippen LogP contribution in [0.2, 0.25) is 5.02 Å². The summed E-state index contributed by atoms with van der Waals surface area (Å²) in [5.41, 5.74) is 0.731. The smallest absolute Gasteiger partial charge is 0.237 e. The molecule has 1 N–H and O–H groups in total. The normalized spacial score (nSPS) is 21.2. The van der Waals surface area contributed by atoms with Crippen LogP contribution in [0.4, 0.5) is 0 Å². The number of nitrogens with zero attached hydrogens (tertiary/aromatic N) is 1. The molecule has 4 nitrogen and oxygen atoms in total. The highest BCUT2D eigenvalue weighted by Gasteiger charge is 2.31. The van der Waals surface area contributed by atoms with Crippen LogP contribution in [-0.2, 0) is 4.79 Å². The Labute approximate surface area is 154 Å². The third-order valence-electron chi connectivity index (χ3n) is 5.66. The molecule has 1 aromatic carbocycles. The van der Waals surface area contributed by atoms with Crippen molar-refractivity contribution < 1.29 is 9.59 Å². The zero-order valence-corrected chi connectivity index (χ0v) is 15.6. The fourth-order valence-corrected chi connectivity index (χ4v) is 4.08. The van der Waals surface area contributed by atoms with Gasteiger partial charge in [-0.3, -0.25) is 14.5 Å². The topological polar surface area (TPSA) is 49.4 Å². The number of piperidine rings is 1. The van der Waals surface area contributed by atoms with Gasteiger partial charge in [-0.05, 0) is 70.0 Å². The Morgan fingerprint density at radius 3 is 2.28 bits per heavy atom. The van der Waals surface area contributed by atoms with Crippen LogP contribution in [0.5, 0.6) is 0 Å². The standard InChI is InChI=1S/C20H27ClN2O2/c1-14(20(25)22-18-4-2-3-5-18)23-12-10-16(11-13-23)19(24)15-6-8-17(21)9-7-15/h6-9,14,16,18H,2-5,10-13H2,1H3,(H,22,25). The van der Waals surface area contributed by atoms with E-state index < -0.39 is 0 Å². The molecule has 1 aliphatic carbocycles. The van der Waals surface area contributed by atoms with E-state index in [1.54, 1.807) is 24.3 Å². The lowest BCUT2D eigenvalue weighted by atomic mass is 9.88. The summed E-state index contributed by atoms with van der Waals surface area (Å²) in [5, 5.41) is 3.83. The van der Waals surface area contributed by atoms with Crippen LogP contribution in [0.1, 0.15) is 55.8 Å². The third-order valence-corrected chi connectivity index (χ3v) is 5.91. The van der Waals surface area contributed by atoms with Gasteiger partial charge in [0.2, 0.25) is 5.91 Å². The molecule has 0 radical (unpaired) electrons. The Kier molecular flexibility index (Phi) is 6.13. The van der Waals surface area contributed by atoms with Crippen molar-refractivity contribution in [3.8, 4) is 0 Å². The maximum absolute atomic E-state index is 12.6. The van der Waals surface area contributed by atoms with Crippen LogP contribution in [0.25, 0.3) is 0 Å². The van der Waals surface area contributed by atoms with E-state index in [9.17, 15) is 9.59 Å². The number of hydrogen-bond donors (Lipinski definition) is 1. The molecule has 0 spiro atoms. The maximum atomic E-state index is 12.6. The van der Waals surface area contributed by atoms with Crippen LogP contribution in [0.15, 0.2) is 24.3 Å². The van der Waals surface area contributed by atoms with Crippen LogP contribution in [-0.4, -0.2) is 41.8 Å². The van der Waals surface area contributed by atoms with Crippen molar-refractivity contribution in [1.82, 2.24) is 10.2 Å². The molecule has 5 heteroatoms. The minimum absolute atomic E-state index is 0.0440. The van der Waals surface area contributed by atoms with Gasteiger partial charge < -0.3 is 5.32 Å². The number of carbonyl (C=O) groups excluding carboxylic acids is 2. The van der Waals surface area contributed by atoms with Crippen molar-refractivity contribution in [2.45, 2.75) is 57.5 Å². The first kappa shape index (κ1) is 18.4. The number of rotatable bonds is 5. The van der Waals surface area contributed by atoms with Gasteiger partial charge in [-0.25, -0.2) is 0 Å². The third kappa shape index (κ3) is 4.62. The number of amides is 1. The quantitative estimate of drug-likeness (QED) is 0.813. The molecule has 1 amide bonds. The second-order valence-corrected chi connectivity index (χ2v) is 7.78. The molecule has 1 atom stereocenters. The van der Waals surface area contributed by atoms with Crippen molar-refractivity contribution in [2.24, 2.45) is 5.92 Å². The lowest BCUT2D eigenvalue weighted by molar-refractivity contribution is -0.127. The Hall–Kier alpha value is -1.39. The van der Waals surface area contributed by atoms with Gasteiger partial charge in [-0.15, -0.1) is 0 Å². The largest absolute Gasteiger partial charge is 0.352 e. The summed E-state index contributed by atoms with van der Waals surface area (Å²) in [6.45, 7) is 3.57. The molecule has 3 rings (SSSR count). The van der Waals surface area contributed by atoms with Gasteiger partial charge in [0.25, 0.3) is 0 Å². The fraction of sp³-hybridized carbons (Fsp3) is 0.600. The molecule has 2 fully saturated rings. The lowest BCUT2D eigenvalue weighted by Gasteiger charge is -2.35. The van der Waals surface area contributed by atoms with Crippen LogP contribution < -0.4 is 5.32 Å². The molecule has 1 aromatic rings. The number of ketones is 1. The van der Waals surface area contributed by atoms with Crippen molar-refractivity contribution in [1.29, 1.82) is 0 Å². The highest BCUT2D eigenvalue weighted by Crippen LogP contribution is 2.24. The Morgan fingerprint density at radius 2 is 1.68 bits per heavy atom. The first-order chi connectivity index (χ1) is 12.0. The molecule has 0 aromatic heterocycles. The van der Waals surface area contributed by atoms with E-state index in [4.69, 9.17) is 11.6 Å². The minimum Gasteiger partial charge on any atom is -0.352 e. The fourth-order valence-electron chi connectivity index (χ4n) is 3.96. The summed E-state index contributed by atoms with van der Waals surface area (Å²) in [4.78, 5) is 27.2. The summed E-state index contributed by atoms with van der Waals surface area (Å²) in [5.74, 6) is 0.372. The Morgan fingerprint density at radius 1 is 1.08 bits per heavy atom. The van der Waals surface area contributed by atoms with Gasteiger partial charge in [0.05, 0.1) is 6.04 Å². The highest BCUT2D eigenvalue weighted by atomic mass is 35.5. The average molecular weight is 363 g/mol. The molecule has 1 saturated carbocycles. The summed E-state index contributed by atoms with van der Waals surface area (Å²) >= 11 is 5.89. The molecule has 1 unspecified atom stereocenters. The Balaban J connectivity index is 1.49. The van der Waals surface area contributed by atoms with Gasteiger partial charge in [-0.1, -0.05) is 24.4 Å². The Bertz CT molecular complexity index is 603. The highest BCUT2D eigenvalue weighted by molar-refractivity contribution is 6.30. The van der Waals surface area contributed by atoms with E-state index in [-0.39, 0.29) is 23.7 Å². The molecule has 25 heavy (non-hydrogen) atoms. The van der Waals surface area contributed by atoms with E-state index >= 15 is 0 Å². The summed E-state index contributed by atoms with van der Waals surface area (Å²) in [6.07, 6.45) is 6.27. The molecule has 136 valence electrons. The van der Waals surface area contributed by atoms with Gasteiger partial charge in [0, 0.05) is 22.5 Å². The minimum atomic E-state index is -0.118. The monoisotopic (exact) mass is 362 g/mol. The van der Waals surface area contributed by atoms with E-state index in [0.717, 1.165) is 44.3 Å². The summed E-state index contributed by atoms with van der Waals surface area (Å²) in [6, 6.07) is 7.37. The SMILES string of the molecule is CC(C(=O)NC1CCCC1)N1CCC(C(=O)c2ccc(Cl)cc2)CC1. The number of carbonyl (C=O) groups is 2. The maximum Gasteiger partial charge on any atom is 0.237 e. The molecule has 2 aliphatic rings.